The number of nitrogens with one attached hydrogen (secondary N) is 1. The zero-order valence-corrected chi connectivity index (χ0v) is 16.6. The Morgan fingerprint density at radius 2 is 1.66 bits per heavy atom. The molecule has 6 nitrogen and oxygen atoms in total. The van der Waals surface area contributed by atoms with Gasteiger partial charge in [-0.05, 0) is 48.5 Å². The molecule has 1 amide bonds. The highest BCUT2D eigenvalue weighted by Gasteiger charge is 2.21. The molecule has 0 aliphatic heterocycles. The van der Waals surface area contributed by atoms with Crippen LogP contribution in [0, 0.1) is 5.41 Å². The zero-order valence-electron chi connectivity index (χ0n) is 16.6. The Balaban J connectivity index is 1.59. The van der Waals surface area contributed by atoms with Crippen LogP contribution in [0.1, 0.15) is 41.5 Å². The second kappa shape index (κ2) is 8.22. The largest absolute Gasteiger partial charge is 0.454 e. The minimum absolute atomic E-state index is 0.115. The molecule has 3 rings (SSSR count). The van der Waals surface area contributed by atoms with Crippen molar-refractivity contribution < 1.29 is 19.1 Å². The Kier molecular flexibility index (Phi) is 5.73. The summed E-state index contributed by atoms with van der Waals surface area (Å²) in [6, 6.07) is 15.2. The molecule has 148 valence electrons. The number of carbonyl (C=O) groups is 3. The van der Waals surface area contributed by atoms with Crippen LogP contribution >= 0.6 is 0 Å². The van der Waals surface area contributed by atoms with Gasteiger partial charge in [0.2, 0.25) is 5.91 Å². The van der Waals surface area contributed by atoms with Crippen LogP contribution < -0.4 is 5.32 Å². The number of anilines is 1. The SMILES string of the molecule is CC(C)(C)C(=O)Nc1ccc(C(=O)COC(=O)c2ccc3ncccc3c2)cc1. The summed E-state index contributed by atoms with van der Waals surface area (Å²) in [5.41, 5.74) is 1.62. The summed E-state index contributed by atoms with van der Waals surface area (Å²) in [5.74, 6) is -1.01. The number of aromatic nitrogens is 1. The predicted molar refractivity (Wildman–Crippen MR) is 111 cm³/mol. The Bertz CT molecular complexity index is 1070. The van der Waals surface area contributed by atoms with Gasteiger partial charge in [0.1, 0.15) is 0 Å². The van der Waals surface area contributed by atoms with E-state index < -0.39 is 11.4 Å². The monoisotopic (exact) mass is 390 g/mol. The topological polar surface area (TPSA) is 85.4 Å². The first-order chi connectivity index (χ1) is 13.7. The highest BCUT2D eigenvalue weighted by atomic mass is 16.5. The van der Waals surface area contributed by atoms with Gasteiger partial charge in [-0.15, -0.1) is 0 Å². The first-order valence-corrected chi connectivity index (χ1v) is 9.21. The van der Waals surface area contributed by atoms with E-state index in [1.807, 2.05) is 26.8 Å². The van der Waals surface area contributed by atoms with E-state index in [9.17, 15) is 14.4 Å². The number of esters is 1. The number of ether oxygens (including phenoxy) is 1. The van der Waals surface area contributed by atoms with Crippen molar-refractivity contribution in [1.29, 1.82) is 0 Å². The summed E-state index contributed by atoms with van der Waals surface area (Å²) in [6.07, 6.45) is 1.68. The average molecular weight is 390 g/mol. The van der Waals surface area contributed by atoms with Crippen LogP contribution in [0.4, 0.5) is 5.69 Å². The van der Waals surface area contributed by atoms with Crippen molar-refractivity contribution in [3.05, 3.63) is 71.9 Å². The summed E-state index contributed by atoms with van der Waals surface area (Å²) >= 11 is 0. The van der Waals surface area contributed by atoms with Crippen LogP contribution in [-0.4, -0.2) is 29.3 Å². The Morgan fingerprint density at radius 1 is 0.966 bits per heavy atom. The highest BCUT2D eigenvalue weighted by molar-refractivity contribution is 6.01. The molecule has 0 atom stereocenters. The normalized spacial score (nSPS) is 11.1. The Labute approximate surface area is 168 Å². The van der Waals surface area contributed by atoms with Gasteiger partial charge >= 0.3 is 5.97 Å². The lowest BCUT2D eigenvalue weighted by molar-refractivity contribution is -0.123. The van der Waals surface area contributed by atoms with E-state index in [1.54, 1.807) is 54.7 Å². The van der Waals surface area contributed by atoms with Crippen molar-refractivity contribution in [2.75, 3.05) is 11.9 Å². The van der Waals surface area contributed by atoms with Gasteiger partial charge in [-0.1, -0.05) is 26.8 Å². The van der Waals surface area contributed by atoms with Crippen molar-refractivity contribution in [3.63, 3.8) is 0 Å². The minimum atomic E-state index is -0.571. The maximum absolute atomic E-state index is 12.3. The molecule has 0 radical (unpaired) electrons. The van der Waals surface area contributed by atoms with Gasteiger partial charge in [-0.2, -0.15) is 0 Å². The fraction of sp³-hybridized carbons (Fsp3) is 0.217. The number of amides is 1. The van der Waals surface area contributed by atoms with Crippen molar-refractivity contribution in [3.8, 4) is 0 Å². The highest BCUT2D eigenvalue weighted by Crippen LogP contribution is 2.18. The minimum Gasteiger partial charge on any atom is -0.454 e. The molecule has 0 saturated carbocycles. The number of fused-ring (bicyclic) bond motifs is 1. The fourth-order valence-electron chi connectivity index (χ4n) is 2.56. The maximum atomic E-state index is 12.3. The number of hydrogen-bond donors (Lipinski definition) is 1. The van der Waals surface area contributed by atoms with E-state index >= 15 is 0 Å². The van der Waals surface area contributed by atoms with E-state index in [4.69, 9.17) is 4.74 Å². The van der Waals surface area contributed by atoms with Crippen LogP contribution in [0.5, 0.6) is 0 Å². The molecule has 1 aromatic heterocycles. The maximum Gasteiger partial charge on any atom is 0.338 e. The van der Waals surface area contributed by atoms with Gasteiger partial charge in [-0.25, -0.2) is 4.79 Å². The molecule has 0 aliphatic carbocycles. The lowest BCUT2D eigenvalue weighted by Gasteiger charge is -2.17. The third-order valence-corrected chi connectivity index (χ3v) is 4.32. The number of benzene rings is 2. The Morgan fingerprint density at radius 3 is 2.34 bits per heavy atom. The number of ketones is 1. The van der Waals surface area contributed by atoms with Crippen molar-refractivity contribution in [2.24, 2.45) is 5.41 Å². The zero-order chi connectivity index (χ0) is 21.0. The van der Waals surface area contributed by atoms with Gasteiger partial charge < -0.3 is 10.1 Å². The first kappa shape index (κ1) is 20.2. The molecule has 29 heavy (non-hydrogen) atoms. The average Bonchev–Trinajstić information content (AvgIpc) is 2.71. The molecule has 0 unspecified atom stereocenters. The third kappa shape index (κ3) is 5.04. The van der Waals surface area contributed by atoms with Crippen LogP contribution in [0.3, 0.4) is 0 Å². The van der Waals surface area contributed by atoms with E-state index in [2.05, 4.69) is 10.3 Å². The molecule has 1 N–H and O–H groups in total. The molecule has 2 aromatic carbocycles. The van der Waals surface area contributed by atoms with Gasteiger partial charge in [0.25, 0.3) is 0 Å². The molecule has 0 spiro atoms. The summed E-state index contributed by atoms with van der Waals surface area (Å²) in [6.45, 7) is 5.10. The summed E-state index contributed by atoms with van der Waals surface area (Å²) in [7, 11) is 0. The quantitative estimate of drug-likeness (QED) is 0.520. The molecular formula is C23H22N2O4. The summed E-state index contributed by atoms with van der Waals surface area (Å²) in [5, 5.41) is 3.61. The lowest BCUT2D eigenvalue weighted by Crippen LogP contribution is -2.27. The number of carbonyl (C=O) groups excluding carboxylic acids is 3. The second-order valence-electron chi connectivity index (χ2n) is 7.69. The van der Waals surface area contributed by atoms with E-state index in [0.717, 1.165) is 10.9 Å². The Hall–Kier alpha value is -3.54. The lowest BCUT2D eigenvalue weighted by atomic mass is 9.95. The molecular weight excluding hydrogens is 368 g/mol. The van der Waals surface area contributed by atoms with E-state index in [1.165, 1.54) is 0 Å². The van der Waals surface area contributed by atoms with Crippen LogP contribution in [0.15, 0.2) is 60.8 Å². The number of nitrogens with zero attached hydrogens (tertiary/aromatic N) is 1. The molecule has 3 aromatic rings. The molecule has 0 fully saturated rings. The fourth-order valence-corrected chi connectivity index (χ4v) is 2.56. The summed E-state index contributed by atoms with van der Waals surface area (Å²) < 4.78 is 5.15. The van der Waals surface area contributed by atoms with Crippen molar-refractivity contribution in [1.82, 2.24) is 4.98 Å². The number of rotatable bonds is 5. The van der Waals surface area contributed by atoms with E-state index in [0.29, 0.717) is 16.8 Å². The van der Waals surface area contributed by atoms with Crippen LogP contribution in [0.25, 0.3) is 10.9 Å². The number of hydrogen-bond acceptors (Lipinski definition) is 5. The molecule has 6 heteroatoms. The van der Waals surface area contributed by atoms with Crippen molar-refractivity contribution in [2.45, 2.75) is 20.8 Å². The summed E-state index contributed by atoms with van der Waals surface area (Å²) in [4.78, 5) is 40.8. The van der Waals surface area contributed by atoms with Gasteiger partial charge in [0.15, 0.2) is 12.4 Å². The van der Waals surface area contributed by atoms with Gasteiger partial charge in [0.05, 0.1) is 11.1 Å². The predicted octanol–water partition coefficient (Wildman–Crippen LogP) is 4.26. The van der Waals surface area contributed by atoms with Crippen molar-refractivity contribution >= 4 is 34.3 Å². The molecule has 0 bridgehead atoms. The smallest absolute Gasteiger partial charge is 0.338 e. The van der Waals surface area contributed by atoms with Crippen LogP contribution in [-0.2, 0) is 9.53 Å². The number of Topliss-reactive ketones (excluding diaryl/α,β-unsaturated/α-hetero) is 1. The third-order valence-electron chi connectivity index (χ3n) is 4.32. The van der Waals surface area contributed by atoms with Gasteiger partial charge in [0, 0.05) is 28.2 Å². The second-order valence-corrected chi connectivity index (χ2v) is 7.69. The van der Waals surface area contributed by atoms with E-state index in [-0.39, 0.29) is 18.3 Å². The molecule has 0 aliphatic rings. The first-order valence-electron chi connectivity index (χ1n) is 9.21. The molecule has 1 heterocycles. The standard InChI is InChI=1S/C23H22N2O4/c1-23(2,3)22(28)25-18-9-6-15(7-10-18)20(26)14-29-21(27)17-8-11-19-16(13-17)5-4-12-24-19/h4-13H,14H2,1-3H3,(H,25,28). The van der Waals surface area contributed by atoms with Crippen LogP contribution in [0.2, 0.25) is 0 Å². The number of pyridine rings is 1. The van der Waals surface area contributed by atoms with Gasteiger partial charge in [-0.3, -0.25) is 14.6 Å². The molecule has 0 saturated heterocycles.